The summed E-state index contributed by atoms with van der Waals surface area (Å²) in [4.78, 5) is 36.9. The number of amides is 2. The molecule has 0 fully saturated rings. The van der Waals surface area contributed by atoms with Crippen LogP contribution in [0.25, 0.3) is 0 Å². The summed E-state index contributed by atoms with van der Waals surface area (Å²) in [6.07, 6.45) is 8.11. The van der Waals surface area contributed by atoms with Crippen LogP contribution in [0, 0.1) is 11.8 Å². The maximum absolute atomic E-state index is 12.6. The fourth-order valence-corrected chi connectivity index (χ4v) is 4.79. The minimum absolute atomic E-state index is 0.344. The molecule has 0 bridgehead atoms. The molecule has 0 radical (unpaired) electrons. The molecule has 6 nitrogen and oxygen atoms in total. The Morgan fingerprint density at radius 2 is 1.79 bits per heavy atom. The van der Waals surface area contributed by atoms with Crippen molar-refractivity contribution in [2.45, 2.75) is 38.5 Å². The molecule has 7 heteroatoms. The van der Waals surface area contributed by atoms with Crippen LogP contribution in [0.1, 0.15) is 46.5 Å². The molecule has 24 heavy (non-hydrogen) atoms. The summed E-state index contributed by atoms with van der Waals surface area (Å²) >= 11 is 1.39. The van der Waals surface area contributed by atoms with Gasteiger partial charge in [0.2, 0.25) is 5.91 Å². The van der Waals surface area contributed by atoms with E-state index in [0.717, 1.165) is 36.1 Å². The van der Waals surface area contributed by atoms with E-state index >= 15 is 0 Å². The Morgan fingerprint density at radius 3 is 2.46 bits per heavy atom. The average Bonchev–Trinajstić information content (AvgIpc) is 2.92. The predicted octanol–water partition coefficient (Wildman–Crippen LogP) is 2.33. The Labute approximate surface area is 143 Å². The van der Waals surface area contributed by atoms with Gasteiger partial charge in [0.1, 0.15) is 5.00 Å². The number of hydrogen-bond donors (Lipinski definition) is 3. The van der Waals surface area contributed by atoms with Crippen LogP contribution in [0.3, 0.4) is 0 Å². The summed E-state index contributed by atoms with van der Waals surface area (Å²) in [5, 5.41) is 12.6. The normalized spacial score (nSPS) is 22.7. The molecule has 1 aromatic rings. The number of allylic oxidation sites excluding steroid dienone is 2. The van der Waals surface area contributed by atoms with Gasteiger partial charge in [-0.3, -0.25) is 14.4 Å². The van der Waals surface area contributed by atoms with Crippen molar-refractivity contribution < 1.29 is 19.5 Å². The van der Waals surface area contributed by atoms with Gasteiger partial charge in [0.25, 0.3) is 5.91 Å². The number of rotatable bonds is 4. The van der Waals surface area contributed by atoms with Crippen molar-refractivity contribution >= 4 is 34.1 Å². The quantitative estimate of drug-likeness (QED) is 0.725. The van der Waals surface area contributed by atoms with Crippen LogP contribution in [0.4, 0.5) is 5.00 Å². The number of anilines is 1. The van der Waals surface area contributed by atoms with Gasteiger partial charge in [-0.05, 0) is 44.1 Å². The second-order valence-electron chi connectivity index (χ2n) is 6.26. The molecule has 3 rings (SSSR count). The Kier molecular flexibility index (Phi) is 4.71. The van der Waals surface area contributed by atoms with Gasteiger partial charge in [-0.2, -0.15) is 0 Å². The summed E-state index contributed by atoms with van der Waals surface area (Å²) in [7, 11) is 0. The summed E-state index contributed by atoms with van der Waals surface area (Å²) in [5.74, 6) is -3.23. The van der Waals surface area contributed by atoms with Gasteiger partial charge in [-0.15, -0.1) is 11.3 Å². The number of carboxylic acids is 1. The van der Waals surface area contributed by atoms with E-state index in [0.29, 0.717) is 23.4 Å². The molecule has 1 aromatic heterocycles. The van der Waals surface area contributed by atoms with Gasteiger partial charge >= 0.3 is 5.97 Å². The van der Waals surface area contributed by atoms with Crippen molar-refractivity contribution in [2.24, 2.45) is 17.6 Å². The third-order valence-corrected chi connectivity index (χ3v) is 5.95. The SMILES string of the molecule is NC(=O)c1c(NC(=O)C2CC=CCC2C(=O)O)sc2c1CCCC2. The van der Waals surface area contributed by atoms with Crippen LogP contribution in [0.5, 0.6) is 0 Å². The van der Waals surface area contributed by atoms with Gasteiger partial charge in [0, 0.05) is 4.88 Å². The lowest BCUT2D eigenvalue weighted by molar-refractivity contribution is -0.146. The van der Waals surface area contributed by atoms with E-state index in [9.17, 15) is 19.5 Å². The number of carboxylic acid groups (broad SMARTS) is 1. The average molecular weight is 348 g/mol. The first-order chi connectivity index (χ1) is 11.5. The largest absolute Gasteiger partial charge is 0.481 e. The number of aryl methyl sites for hydroxylation is 1. The maximum Gasteiger partial charge on any atom is 0.307 e. The van der Waals surface area contributed by atoms with Crippen molar-refractivity contribution in [3.63, 3.8) is 0 Å². The summed E-state index contributed by atoms with van der Waals surface area (Å²) < 4.78 is 0. The number of carbonyl (C=O) groups is 3. The molecule has 4 N–H and O–H groups in total. The molecule has 0 saturated heterocycles. The second kappa shape index (κ2) is 6.76. The monoisotopic (exact) mass is 348 g/mol. The fourth-order valence-electron chi connectivity index (χ4n) is 3.50. The Morgan fingerprint density at radius 1 is 1.12 bits per heavy atom. The molecule has 0 aliphatic heterocycles. The van der Waals surface area contributed by atoms with E-state index in [2.05, 4.69) is 5.32 Å². The second-order valence-corrected chi connectivity index (χ2v) is 7.37. The van der Waals surface area contributed by atoms with Crippen molar-refractivity contribution in [1.29, 1.82) is 0 Å². The van der Waals surface area contributed by atoms with E-state index in [1.165, 1.54) is 11.3 Å². The van der Waals surface area contributed by atoms with Crippen LogP contribution in [0.15, 0.2) is 12.2 Å². The van der Waals surface area contributed by atoms with E-state index in [1.807, 2.05) is 6.08 Å². The number of nitrogens with one attached hydrogen (secondary N) is 1. The molecule has 1 heterocycles. The lowest BCUT2D eigenvalue weighted by Gasteiger charge is -2.24. The zero-order valence-corrected chi connectivity index (χ0v) is 14.0. The van der Waals surface area contributed by atoms with E-state index in [1.54, 1.807) is 6.08 Å². The number of fused-ring (bicyclic) bond motifs is 1. The standard InChI is InChI=1S/C17H20N2O4S/c18-14(20)13-11-7-3-4-8-12(11)24-16(13)19-15(21)9-5-1-2-6-10(9)17(22)23/h1-2,9-10H,3-8H2,(H2,18,20)(H,19,21)(H,22,23). The first-order valence-corrected chi connectivity index (χ1v) is 8.93. The van der Waals surface area contributed by atoms with Crippen LogP contribution < -0.4 is 11.1 Å². The molecular formula is C17H20N2O4S. The first kappa shape index (κ1) is 16.7. The zero-order chi connectivity index (χ0) is 17.3. The lowest BCUT2D eigenvalue weighted by atomic mass is 9.82. The molecular weight excluding hydrogens is 328 g/mol. The number of nitrogens with two attached hydrogens (primary N) is 1. The van der Waals surface area contributed by atoms with Crippen LogP contribution in [0.2, 0.25) is 0 Å². The molecule has 0 saturated carbocycles. The molecule has 0 spiro atoms. The molecule has 2 atom stereocenters. The Hall–Kier alpha value is -2.15. The molecule has 128 valence electrons. The number of hydrogen-bond acceptors (Lipinski definition) is 4. The predicted molar refractivity (Wildman–Crippen MR) is 91.1 cm³/mol. The van der Waals surface area contributed by atoms with Crippen molar-refractivity contribution in [1.82, 2.24) is 0 Å². The van der Waals surface area contributed by atoms with Gasteiger partial charge < -0.3 is 16.2 Å². The molecule has 2 unspecified atom stereocenters. The molecule has 2 aliphatic rings. The lowest BCUT2D eigenvalue weighted by Crippen LogP contribution is -2.35. The summed E-state index contributed by atoms with van der Waals surface area (Å²) in [6.45, 7) is 0. The molecule has 0 aromatic carbocycles. The number of carbonyl (C=O) groups excluding carboxylic acids is 2. The minimum atomic E-state index is -0.972. The highest BCUT2D eigenvalue weighted by molar-refractivity contribution is 7.17. The van der Waals surface area contributed by atoms with Crippen LogP contribution in [-0.4, -0.2) is 22.9 Å². The van der Waals surface area contributed by atoms with Gasteiger partial charge in [0.05, 0.1) is 17.4 Å². The van der Waals surface area contributed by atoms with Gasteiger partial charge in [0.15, 0.2) is 0 Å². The van der Waals surface area contributed by atoms with Gasteiger partial charge in [-0.1, -0.05) is 12.2 Å². The highest BCUT2D eigenvalue weighted by atomic mass is 32.1. The van der Waals surface area contributed by atoms with E-state index in [-0.39, 0.29) is 5.91 Å². The van der Waals surface area contributed by atoms with Crippen LogP contribution >= 0.6 is 11.3 Å². The summed E-state index contributed by atoms with van der Waals surface area (Å²) in [5.41, 5.74) is 6.88. The number of thiophene rings is 1. The van der Waals surface area contributed by atoms with E-state index in [4.69, 9.17) is 5.73 Å². The minimum Gasteiger partial charge on any atom is -0.481 e. The van der Waals surface area contributed by atoms with Crippen molar-refractivity contribution in [3.05, 3.63) is 28.2 Å². The smallest absolute Gasteiger partial charge is 0.307 e. The highest BCUT2D eigenvalue weighted by Gasteiger charge is 2.35. The van der Waals surface area contributed by atoms with Crippen molar-refractivity contribution in [2.75, 3.05) is 5.32 Å². The third kappa shape index (κ3) is 3.08. The molecule has 2 amide bonds. The Bertz CT molecular complexity index is 722. The Balaban J connectivity index is 1.86. The fraction of sp³-hybridized carbons (Fsp3) is 0.471. The highest BCUT2D eigenvalue weighted by Crippen LogP contribution is 2.38. The van der Waals surface area contributed by atoms with Crippen LogP contribution in [-0.2, 0) is 22.4 Å². The number of primary amides is 1. The van der Waals surface area contributed by atoms with E-state index < -0.39 is 23.7 Å². The van der Waals surface area contributed by atoms with Crippen molar-refractivity contribution in [3.8, 4) is 0 Å². The maximum atomic E-state index is 12.6. The molecule has 2 aliphatic carbocycles. The third-order valence-electron chi connectivity index (χ3n) is 4.74. The first-order valence-electron chi connectivity index (χ1n) is 8.12. The number of aliphatic carboxylic acids is 1. The zero-order valence-electron chi connectivity index (χ0n) is 13.2. The van der Waals surface area contributed by atoms with Gasteiger partial charge in [-0.25, -0.2) is 0 Å². The topological polar surface area (TPSA) is 109 Å². The summed E-state index contributed by atoms with van der Waals surface area (Å²) in [6, 6.07) is 0.